The van der Waals surface area contributed by atoms with Crippen LogP contribution < -0.4 is 10.5 Å². The molecular formula is C18H20BrNO. The first kappa shape index (κ1) is 14.6. The summed E-state index contributed by atoms with van der Waals surface area (Å²) in [6.07, 6.45) is 3.13. The van der Waals surface area contributed by atoms with Crippen LogP contribution in [0.4, 0.5) is 0 Å². The van der Waals surface area contributed by atoms with Crippen LogP contribution in [0.5, 0.6) is 5.75 Å². The Morgan fingerprint density at radius 1 is 1.05 bits per heavy atom. The van der Waals surface area contributed by atoms with Gasteiger partial charge < -0.3 is 10.5 Å². The van der Waals surface area contributed by atoms with Crippen LogP contribution in [0, 0.1) is 5.41 Å². The van der Waals surface area contributed by atoms with Crippen LogP contribution in [-0.2, 0) is 12.8 Å². The molecule has 0 aromatic heterocycles. The number of halogens is 1. The van der Waals surface area contributed by atoms with E-state index in [-0.39, 0.29) is 5.41 Å². The molecule has 2 aromatic rings. The summed E-state index contributed by atoms with van der Waals surface area (Å²) in [5.41, 5.74) is 9.15. The Morgan fingerprint density at radius 2 is 1.76 bits per heavy atom. The van der Waals surface area contributed by atoms with Gasteiger partial charge >= 0.3 is 0 Å². The Labute approximate surface area is 134 Å². The molecule has 0 bridgehead atoms. The SMILES string of the molecule is NCC1(CCOc2cccc(Br)c2)Cc2ccccc2C1. The van der Waals surface area contributed by atoms with Gasteiger partial charge in [-0.25, -0.2) is 0 Å². The molecule has 0 spiro atoms. The summed E-state index contributed by atoms with van der Waals surface area (Å²) < 4.78 is 6.93. The van der Waals surface area contributed by atoms with Gasteiger partial charge in [0.15, 0.2) is 0 Å². The summed E-state index contributed by atoms with van der Waals surface area (Å²) >= 11 is 3.46. The van der Waals surface area contributed by atoms with Crippen LogP contribution in [-0.4, -0.2) is 13.2 Å². The highest BCUT2D eigenvalue weighted by Crippen LogP contribution is 2.38. The fourth-order valence-corrected chi connectivity index (χ4v) is 3.52. The first-order valence-corrected chi connectivity index (χ1v) is 8.15. The van der Waals surface area contributed by atoms with Crippen LogP contribution in [0.3, 0.4) is 0 Å². The van der Waals surface area contributed by atoms with Crippen LogP contribution >= 0.6 is 15.9 Å². The van der Waals surface area contributed by atoms with Gasteiger partial charge in [0.25, 0.3) is 0 Å². The van der Waals surface area contributed by atoms with Crippen molar-refractivity contribution in [2.24, 2.45) is 11.1 Å². The molecule has 0 aliphatic heterocycles. The molecule has 0 saturated heterocycles. The molecule has 2 nitrogen and oxygen atoms in total. The van der Waals surface area contributed by atoms with Crippen LogP contribution in [0.1, 0.15) is 17.5 Å². The minimum Gasteiger partial charge on any atom is -0.494 e. The fraction of sp³-hybridized carbons (Fsp3) is 0.333. The van der Waals surface area contributed by atoms with E-state index in [1.807, 2.05) is 24.3 Å². The zero-order valence-corrected chi connectivity index (χ0v) is 13.6. The van der Waals surface area contributed by atoms with E-state index in [4.69, 9.17) is 10.5 Å². The van der Waals surface area contributed by atoms with Crippen molar-refractivity contribution in [2.45, 2.75) is 19.3 Å². The number of fused-ring (bicyclic) bond motifs is 1. The lowest BCUT2D eigenvalue weighted by molar-refractivity contribution is 0.208. The molecule has 0 fully saturated rings. The van der Waals surface area contributed by atoms with E-state index in [1.165, 1.54) is 11.1 Å². The van der Waals surface area contributed by atoms with Crippen molar-refractivity contribution >= 4 is 15.9 Å². The summed E-state index contributed by atoms with van der Waals surface area (Å²) in [4.78, 5) is 0. The van der Waals surface area contributed by atoms with E-state index in [0.29, 0.717) is 13.2 Å². The Bertz CT molecular complexity index is 601. The number of benzene rings is 2. The van der Waals surface area contributed by atoms with E-state index in [1.54, 1.807) is 0 Å². The van der Waals surface area contributed by atoms with Crippen LogP contribution in [0.15, 0.2) is 53.0 Å². The molecular weight excluding hydrogens is 326 g/mol. The molecule has 3 rings (SSSR count). The summed E-state index contributed by atoms with van der Waals surface area (Å²) in [6, 6.07) is 16.7. The predicted molar refractivity (Wildman–Crippen MR) is 89.6 cm³/mol. The lowest BCUT2D eigenvalue weighted by Gasteiger charge is -2.27. The number of hydrogen-bond acceptors (Lipinski definition) is 2. The minimum atomic E-state index is 0.162. The van der Waals surface area contributed by atoms with Gasteiger partial charge in [-0.2, -0.15) is 0 Å². The van der Waals surface area contributed by atoms with Crippen molar-refractivity contribution in [2.75, 3.05) is 13.2 Å². The van der Waals surface area contributed by atoms with Gasteiger partial charge in [0.1, 0.15) is 5.75 Å². The molecule has 1 aliphatic carbocycles. The molecule has 0 atom stereocenters. The molecule has 2 N–H and O–H groups in total. The maximum Gasteiger partial charge on any atom is 0.120 e. The monoisotopic (exact) mass is 345 g/mol. The van der Waals surface area contributed by atoms with Gasteiger partial charge in [-0.15, -0.1) is 0 Å². The third-order valence-electron chi connectivity index (χ3n) is 4.38. The van der Waals surface area contributed by atoms with Crippen molar-refractivity contribution in [3.05, 3.63) is 64.1 Å². The lowest BCUT2D eigenvalue weighted by Crippen LogP contribution is -2.33. The first-order chi connectivity index (χ1) is 10.2. The largest absolute Gasteiger partial charge is 0.494 e. The van der Waals surface area contributed by atoms with Gasteiger partial charge in [0, 0.05) is 4.47 Å². The van der Waals surface area contributed by atoms with Gasteiger partial charge in [-0.05, 0) is 60.5 Å². The normalized spacial score (nSPS) is 15.7. The van der Waals surface area contributed by atoms with Gasteiger partial charge in [0.05, 0.1) is 6.61 Å². The van der Waals surface area contributed by atoms with Crippen molar-refractivity contribution in [3.8, 4) is 5.75 Å². The second-order valence-electron chi connectivity index (χ2n) is 5.88. The van der Waals surface area contributed by atoms with E-state index >= 15 is 0 Å². The highest BCUT2D eigenvalue weighted by molar-refractivity contribution is 9.10. The third-order valence-corrected chi connectivity index (χ3v) is 4.87. The second-order valence-corrected chi connectivity index (χ2v) is 6.80. The minimum absolute atomic E-state index is 0.162. The quantitative estimate of drug-likeness (QED) is 0.889. The number of hydrogen-bond donors (Lipinski definition) is 1. The topological polar surface area (TPSA) is 35.2 Å². The van der Waals surface area contributed by atoms with Crippen LogP contribution in [0.25, 0.3) is 0 Å². The molecule has 0 saturated carbocycles. The molecule has 0 radical (unpaired) electrons. The standard InChI is InChI=1S/C18H20BrNO/c19-16-6-3-7-17(10-16)21-9-8-18(13-20)11-14-4-1-2-5-15(14)12-18/h1-7,10H,8-9,11-13,20H2. The van der Waals surface area contributed by atoms with Gasteiger partial charge in [0.2, 0.25) is 0 Å². The fourth-order valence-electron chi connectivity index (χ4n) is 3.14. The Kier molecular flexibility index (Phi) is 4.32. The zero-order valence-electron chi connectivity index (χ0n) is 12.0. The average Bonchev–Trinajstić information content (AvgIpc) is 2.86. The maximum absolute atomic E-state index is 6.09. The number of nitrogens with two attached hydrogens (primary N) is 1. The summed E-state index contributed by atoms with van der Waals surface area (Å²) in [5, 5.41) is 0. The molecule has 110 valence electrons. The van der Waals surface area contributed by atoms with E-state index in [9.17, 15) is 0 Å². The third kappa shape index (κ3) is 3.30. The molecule has 0 amide bonds. The Morgan fingerprint density at radius 3 is 2.38 bits per heavy atom. The van der Waals surface area contributed by atoms with E-state index in [0.717, 1.165) is 29.5 Å². The average molecular weight is 346 g/mol. The van der Waals surface area contributed by atoms with Gasteiger partial charge in [-0.3, -0.25) is 0 Å². The maximum atomic E-state index is 6.09. The molecule has 21 heavy (non-hydrogen) atoms. The van der Waals surface area contributed by atoms with E-state index in [2.05, 4.69) is 40.2 Å². The smallest absolute Gasteiger partial charge is 0.120 e. The summed E-state index contributed by atoms with van der Waals surface area (Å²) in [7, 11) is 0. The Balaban J connectivity index is 1.62. The van der Waals surface area contributed by atoms with Gasteiger partial charge in [-0.1, -0.05) is 46.3 Å². The zero-order chi connectivity index (χ0) is 14.7. The van der Waals surface area contributed by atoms with Crippen molar-refractivity contribution < 1.29 is 4.74 Å². The molecule has 3 heteroatoms. The van der Waals surface area contributed by atoms with Crippen LogP contribution in [0.2, 0.25) is 0 Å². The Hall–Kier alpha value is -1.32. The lowest BCUT2D eigenvalue weighted by atomic mass is 9.82. The summed E-state index contributed by atoms with van der Waals surface area (Å²) in [6.45, 7) is 1.42. The highest BCUT2D eigenvalue weighted by atomic mass is 79.9. The summed E-state index contributed by atoms with van der Waals surface area (Å²) in [5.74, 6) is 0.909. The second kappa shape index (κ2) is 6.20. The highest BCUT2D eigenvalue weighted by Gasteiger charge is 2.35. The predicted octanol–water partition coefficient (Wildman–Crippen LogP) is 3.96. The van der Waals surface area contributed by atoms with Crippen molar-refractivity contribution in [1.29, 1.82) is 0 Å². The van der Waals surface area contributed by atoms with E-state index < -0.39 is 0 Å². The van der Waals surface area contributed by atoms with Crippen molar-refractivity contribution in [3.63, 3.8) is 0 Å². The molecule has 0 heterocycles. The number of ether oxygens (including phenoxy) is 1. The first-order valence-electron chi connectivity index (χ1n) is 7.36. The molecule has 2 aromatic carbocycles. The molecule has 0 unspecified atom stereocenters. The number of rotatable bonds is 5. The van der Waals surface area contributed by atoms with Crippen molar-refractivity contribution in [1.82, 2.24) is 0 Å². The molecule has 1 aliphatic rings.